The number of ketones is 1. The molecule has 2 nitrogen and oxygen atoms in total. The van der Waals surface area contributed by atoms with Gasteiger partial charge in [0, 0.05) is 5.56 Å². The molecule has 0 aliphatic rings. The Morgan fingerprint density at radius 1 is 1.44 bits per heavy atom. The van der Waals surface area contributed by atoms with Gasteiger partial charge in [0.25, 0.3) is 0 Å². The summed E-state index contributed by atoms with van der Waals surface area (Å²) in [6, 6.07) is 6.98. The van der Waals surface area contributed by atoms with Crippen LogP contribution in [-0.4, -0.2) is 19.0 Å². The van der Waals surface area contributed by atoms with Crippen LogP contribution in [-0.2, 0) is 4.74 Å². The number of ether oxygens (including phenoxy) is 1. The minimum Gasteiger partial charge on any atom is -0.373 e. The molecule has 0 aliphatic carbocycles. The number of hydrogen-bond donors (Lipinski definition) is 0. The molecule has 0 aliphatic heterocycles. The fourth-order valence-corrected chi connectivity index (χ4v) is 1.42. The van der Waals surface area contributed by atoms with Crippen LogP contribution in [0.25, 0.3) is 0 Å². The maximum Gasteiger partial charge on any atom is 0.189 e. The predicted molar refractivity (Wildman–Crippen MR) is 66.0 cm³/mol. The molecule has 0 spiro atoms. The largest absolute Gasteiger partial charge is 0.373 e. The fraction of sp³-hybridized carbons (Fsp3) is 0.308. The summed E-state index contributed by atoms with van der Waals surface area (Å²) in [7, 11) is 0. The van der Waals surface area contributed by atoms with E-state index in [1.54, 1.807) is 24.3 Å². The smallest absolute Gasteiger partial charge is 0.189 e. The summed E-state index contributed by atoms with van der Waals surface area (Å²) in [6.07, 6.45) is 0.774. The first kappa shape index (κ1) is 12.9. The molecule has 0 fully saturated rings. The second kappa shape index (κ2) is 6.46. The first-order chi connectivity index (χ1) is 7.61. The predicted octanol–water partition coefficient (Wildman–Crippen LogP) is 3.51. The molecule has 0 bridgehead atoms. The Balaban J connectivity index is 2.41. The highest BCUT2D eigenvalue weighted by Crippen LogP contribution is 2.15. The summed E-state index contributed by atoms with van der Waals surface area (Å²) in [5, 5.41) is 0.469. The van der Waals surface area contributed by atoms with Crippen molar-refractivity contribution >= 4 is 17.4 Å². The Labute approximate surface area is 101 Å². The zero-order valence-corrected chi connectivity index (χ0v) is 10.1. The summed E-state index contributed by atoms with van der Waals surface area (Å²) in [5.74, 6) is -0.0904. The topological polar surface area (TPSA) is 26.3 Å². The normalized spacial score (nSPS) is 10.1. The summed E-state index contributed by atoms with van der Waals surface area (Å²) >= 11 is 5.89. The van der Waals surface area contributed by atoms with Crippen LogP contribution in [0.3, 0.4) is 0 Å². The van der Waals surface area contributed by atoms with Crippen LogP contribution >= 0.6 is 11.6 Å². The number of hydrogen-bond acceptors (Lipinski definition) is 2. The van der Waals surface area contributed by atoms with Crippen LogP contribution in [0.1, 0.15) is 23.7 Å². The van der Waals surface area contributed by atoms with Gasteiger partial charge < -0.3 is 4.74 Å². The lowest BCUT2D eigenvalue weighted by atomic mass is 10.1. The number of carbonyl (C=O) groups excluding carboxylic acids is 1. The van der Waals surface area contributed by atoms with Crippen molar-refractivity contribution in [3.05, 3.63) is 47.0 Å². The van der Waals surface area contributed by atoms with E-state index in [0.717, 1.165) is 12.0 Å². The molecule has 0 saturated carbocycles. The van der Waals surface area contributed by atoms with Gasteiger partial charge in [-0.05, 0) is 25.5 Å². The van der Waals surface area contributed by atoms with Gasteiger partial charge in [-0.15, -0.1) is 6.58 Å². The third-order valence-corrected chi connectivity index (χ3v) is 2.41. The van der Waals surface area contributed by atoms with E-state index in [-0.39, 0.29) is 12.4 Å². The van der Waals surface area contributed by atoms with Crippen LogP contribution in [0.4, 0.5) is 0 Å². The zero-order valence-electron chi connectivity index (χ0n) is 9.33. The summed E-state index contributed by atoms with van der Waals surface area (Å²) in [5.41, 5.74) is 1.56. The SMILES string of the molecule is C=C(C)CCOCC(=O)c1ccccc1Cl. The van der Waals surface area contributed by atoms with Crippen molar-refractivity contribution in [3.8, 4) is 0 Å². The van der Waals surface area contributed by atoms with E-state index in [1.165, 1.54) is 0 Å². The van der Waals surface area contributed by atoms with Gasteiger partial charge in [0.1, 0.15) is 6.61 Å². The average Bonchev–Trinajstić information content (AvgIpc) is 2.24. The minimum atomic E-state index is -0.0904. The highest BCUT2D eigenvalue weighted by molar-refractivity contribution is 6.34. The van der Waals surface area contributed by atoms with E-state index in [9.17, 15) is 4.79 Å². The van der Waals surface area contributed by atoms with Crippen molar-refractivity contribution < 1.29 is 9.53 Å². The molecule has 0 N–H and O–H groups in total. The van der Waals surface area contributed by atoms with E-state index in [0.29, 0.717) is 17.2 Å². The third-order valence-electron chi connectivity index (χ3n) is 2.08. The maximum atomic E-state index is 11.7. The number of rotatable bonds is 6. The van der Waals surface area contributed by atoms with Crippen LogP contribution < -0.4 is 0 Å². The number of carbonyl (C=O) groups is 1. The van der Waals surface area contributed by atoms with Gasteiger partial charge in [0.15, 0.2) is 5.78 Å². The molecule has 0 heterocycles. The van der Waals surface area contributed by atoms with Crippen molar-refractivity contribution in [3.63, 3.8) is 0 Å². The average molecular weight is 239 g/mol. The lowest BCUT2D eigenvalue weighted by Crippen LogP contribution is -2.10. The number of Topliss-reactive ketones (excluding diaryl/α,β-unsaturated/α-hetero) is 1. The van der Waals surface area contributed by atoms with Gasteiger partial charge in [-0.3, -0.25) is 4.79 Å². The van der Waals surface area contributed by atoms with Gasteiger partial charge in [-0.25, -0.2) is 0 Å². The molecule has 1 rings (SSSR count). The van der Waals surface area contributed by atoms with E-state index in [1.807, 2.05) is 6.92 Å². The number of halogens is 1. The lowest BCUT2D eigenvalue weighted by Gasteiger charge is -2.04. The molecule has 0 amide bonds. The van der Waals surface area contributed by atoms with Crippen molar-refractivity contribution in [2.45, 2.75) is 13.3 Å². The van der Waals surface area contributed by atoms with Crippen molar-refractivity contribution in [1.82, 2.24) is 0 Å². The van der Waals surface area contributed by atoms with Crippen molar-refractivity contribution in [2.75, 3.05) is 13.2 Å². The van der Waals surface area contributed by atoms with Crippen molar-refractivity contribution in [1.29, 1.82) is 0 Å². The highest BCUT2D eigenvalue weighted by atomic mass is 35.5. The van der Waals surface area contributed by atoms with E-state index >= 15 is 0 Å². The van der Waals surface area contributed by atoms with Crippen LogP contribution in [0.15, 0.2) is 36.4 Å². The molecule has 86 valence electrons. The quantitative estimate of drug-likeness (QED) is 0.431. The molecule has 0 saturated heterocycles. The second-order valence-corrected chi connectivity index (χ2v) is 4.07. The summed E-state index contributed by atoms with van der Waals surface area (Å²) in [4.78, 5) is 11.7. The molecular formula is C13H15ClO2. The highest BCUT2D eigenvalue weighted by Gasteiger charge is 2.09. The third kappa shape index (κ3) is 4.17. The molecule has 3 heteroatoms. The fourth-order valence-electron chi connectivity index (χ4n) is 1.18. The van der Waals surface area contributed by atoms with E-state index in [4.69, 9.17) is 16.3 Å². The molecular weight excluding hydrogens is 224 g/mol. The second-order valence-electron chi connectivity index (χ2n) is 3.66. The Morgan fingerprint density at radius 3 is 2.75 bits per heavy atom. The number of benzene rings is 1. The zero-order chi connectivity index (χ0) is 12.0. The maximum absolute atomic E-state index is 11.7. The summed E-state index contributed by atoms with van der Waals surface area (Å²) in [6.45, 7) is 6.27. The molecule has 16 heavy (non-hydrogen) atoms. The molecule has 0 atom stereocenters. The van der Waals surface area contributed by atoms with Crippen LogP contribution in [0, 0.1) is 0 Å². The van der Waals surface area contributed by atoms with Gasteiger partial charge >= 0.3 is 0 Å². The monoisotopic (exact) mass is 238 g/mol. The van der Waals surface area contributed by atoms with Gasteiger partial charge in [0.2, 0.25) is 0 Å². The molecule has 0 radical (unpaired) electrons. The molecule has 0 aromatic heterocycles. The van der Waals surface area contributed by atoms with Gasteiger partial charge in [-0.2, -0.15) is 0 Å². The standard InChI is InChI=1S/C13H15ClO2/c1-10(2)7-8-16-9-13(15)11-5-3-4-6-12(11)14/h3-6H,1,7-9H2,2H3. The van der Waals surface area contributed by atoms with Crippen LogP contribution in [0.5, 0.6) is 0 Å². The molecule has 0 unspecified atom stereocenters. The van der Waals surface area contributed by atoms with Gasteiger partial charge in [-0.1, -0.05) is 29.3 Å². The minimum absolute atomic E-state index is 0.0665. The molecule has 1 aromatic rings. The van der Waals surface area contributed by atoms with E-state index < -0.39 is 0 Å². The Kier molecular flexibility index (Phi) is 5.23. The van der Waals surface area contributed by atoms with Crippen LogP contribution in [0.2, 0.25) is 5.02 Å². The van der Waals surface area contributed by atoms with Gasteiger partial charge in [0.05, 0.1) is 11.6 Å². The summed E-state index contributed by atoms with van der Waals surface area (Å²) < 4.78 is 5.25. The Hall–Kier alpha value is -1.12. The lowest BCUT2D eigenvalue weighted by molar-refractivity contribution is 0.0765. The first-order valence-electron chi connectivity index (χ1n) is 5.11. The Bertz CT molecular complexity index is 385. The first-order valence-corrected chi connectivity index (χ1v) is 5.49. The molecule has 1 aromatic carbocycles. The van der Waals surface area contributed by atoms with Crippen molar-refractivity contribution in [2.24, 2.45) is 0 Å². The Morgan fingerprint density at radius 2 is 2.12 bits per heavy atom. The van der Waals surface area contributed by atoms with E-state index in [2.05, 4.69) is 6.58 Å².